The van der Waals surface area contributed by atoms with E-state index in [1.807, 2.05) is 0 Å². The fourth-order valence-electron chi connectivity index (χ4n) is 3.14. The maximum atomic E-state index is 12.2. The van der Waals surface area contributed by atoms with Crippen LogP contribution < -0.4 is 0 Å². The maximum absolute atomic E-state index is 12.2. The summed E-state index contributed by atoms with van der Waals surface area (Å²) >= 11 is 0. The van der Waals surface area contributed by atoms with Crippen molar-refractivity contribution in [3.05, 3.63) is 12.2 Å². The van der Waals surface area contributed by atoms with E-state index in [-0.39, 0.29) is 12.2 Å². The summed E-state index contributed by atoms with van der Waals surface area (Å²) in [5.74, 6) is 1.39. The van der Waals surface area contributed by atoms with Crippen LogP contribution in [0.2, 0.25) is 0 Å². The first-order valence-electron chi connectivity index (χ1n) is 12.1. The molecule has 0 radical (unpaired) electrons. The lowest BCUT2D eigenvalue weighted by atomic mass is 9.98. The van der Waals surface area contributed by atoms with E-state index in [0.717, 1.165) is 51.4 Å². The molecule has 0 unspecified atom stereocenters. The highest BCUT2D eigenvalue weighted by atomic mass is 16.5. The Morgan fingerprint density at radius 3 is 0.933 bits per heavy atom. The van der Waals surface area contributed by atoms with Gasteiger partial charge in [-0.05, 0) is 75.0 Å². The molecule has 4 nitrogen and oxygen atoms in total. The van der Waals surface area contributed by atoms with Gasteiger partial charge < -0.3 is 9.47 Å². The third kappa shape index (κ3) is 17.5. The Labute approximate surface area is 186 Å². The Hall–Kier alpha value is -1.32. The van der Waals surface area contributed by atoms with Crippen molar-refractivity contribution in [3.8, 4) is 0 Å². The smallest absolute Gasteiger partial charge is 0.331 e. The first-order valence-corrected chi connectivity index (χ1v) is 12.1. The van der Waals surface area contributed by atoms with Gasteiger partial charge in [0.1, 0.15) is 12.2 Å². The molecule has 0 rings (SSSR count). The molecule has 0 N–H and O–H groups in total. The van der Waals surface area contributed by atoms with Gasteiger partial charge in [0, 0.05) is 12.2 Å². The highest BCUT2D eigenvalue weighted by molar-refractivity contribution is 5.91. The number of ether oxygens (including phenoxy) is 2. The van der Waals surface area contributed by atoms with Gasteiger partial charge in [-0.15, -0.1) is 0 Å². The Bertz CT molecular complexity index is 423. The van der Waals surface area contributed by atoms with Crippen molar-refractivity contribution in [2.75, 3.05) is 0 Å². The summed E-state index contributed by atoms with van der Waals surface area (Å²) in [6, 6.07) is 0. The van der Waals surface area contributed by atoms with Crippen LogP contribution in [-0.4, -0.2) is 24.1 Å². The molecule has 0 atom stereocenters. The first kappa shape index (κ1) is 28.7. The SMILES string of the molecule is CC(C)CCC(CCC(C)C)OC(=O)/C=C\C(=O)OC(CCC(C)C)CCC(C)C. The van der Waals surface area contributed by atoms with Gasteiger partial charge in [-0.25, -0.2) is 9.59 Å². The zero-order valence-corrected chi connectivity index (χ0v) is 20.9. The van der Waals surface area contributed by atoms with E-state index in [1.54, 1.807) is 0 Å². The molecule has 30 heavy (non-hydrogen) atoms. The molecule has 0 saturated heterocycles. The van der Waals surface area contributed by atoms with E-state index in [9.17, 15) is 9.59 Å². The number of hydrogen-bond acceptors (Lipinski definition) is 4. The summed E-state index contributed by atoms with van der Waals surface area (Å²) in [5, 5.41) is 0. The fraction of sp³-hybridized carbons (Fsp3) is 0.846. The minimum Gasteiger partial charge on any atom is -0.459 e. The first-order chi connectivity index (χ1) is 14.0. The van der Waals surface area contributed by atoms with Crippen molar-refractivity contribution in [1.82, 2.24) is 0 Å². The molecule has 0 aromatic carbocycles. The molecule has 0 aliphatic heterocycles. The molecule has 0 aromatic heterocycles. The van der Waals surface area contributed by atoms with Crippen LogP contribution in [0.1, 0.15) is 107 Å². The predicted octanol–water partition coefficient (Wildman–Crippen LogP) is 7.11. The Morgan fingerprint density at radius 1 is 0.500 bits per heavy atom. The molecule has 0 amide bonds. The molecule has 0 aromatic rings. The van der Waals surface area contributed by atoms with Gasteiger partial charge in [-0.1, -0.05) is 55.4 Å². The second kappa shape index (κ2) is 16.4. The van der Waals surface area contributed by atoms with Gasteiger partial charge in [0.2, 0.25) is 0 Å². The molecule has 0 heterocycles. The van der Waals surface area contributed by atoms with Gasteiger partial charge >= 0.3 is 11.9 Å². The number of hydrogen-bond donors (Lipinski definition) is 0. The highest BCUT2D eigenvalue weighted by Crippen LogP contribution is 2.19. The zero-order chi connectivity index (χ0) is 23.1. The van der Waals surface area contributed by atoms with E-state index < -0.39 is 11.9 Å². The van der Waals surface area contributed by atoms with Gasteiger partial charge in [-0.2, -0.15) is 0 Å². The van der Waals surface area contributed by atoms with E-state index >= 15 is 0 Å². The number of esters is 2. The molecule has 0 fully saturated rings. The molecule has 4 heteroatoms. The Morgan fingerprint density at radius 2 is 0.733 bits per heavy atom. The molecular weight excluding hydrogens is 376 g/mol. The minimum atomic E-state index is -0.453. The van der Waals surface area contributed by atoms with Crippen LogP contribution in [0.25, 0.3) is 0 Å². The lowest BCUT2D eigenvalue weighted by Gasteiger charge is -2.20. The normalized spacial score (nSPS) is 12.3. The summed E-state index contributed by atoms with van der Waals surface area (Å²) in [4.78, 5) is 24.5. The molecular formula is C26H48O4. The molecule has 0 aliphatic carbocycles. The van der Waals surface area contributed by atoms with E-state index in [2.05, 4.69) is 55.4 Å². The van der Waals surface area contributed by atoms with Crippen molar-refractivity contribution in [2.24, 2.45) is 23.7 Å². The van der Waals surface area contributed by atoms with Gasteiger partial charge in [0.25, 0.3) is 0 Å². The van der Waals surface area contributed by atoms with Crippen LogP contribution in [0.5, 0.6) is 0 Å². The number of carbonyl (C=O) groups excluding carboxylic acids is 2. The second-order valence-corrected chi connectivity index (χ2v) is 10.3. The van der Waals surface area contributed by atoms with E-state index in [1.165, 1.54) is 12.2 Å². The third-order valence-electron chi connectivity index (χ3n) is 5.19. The second-order valence-electron chi connectivity index (χ2n) is 10.3. The van der Waals surface area contributed by atoms with Crippen LogP contribution in [0.15, 0.2) is 12.2 Å². The van der Waals surface area contributed by atoms with Crippen molar-refractivity contribution in [1.29, 1.82) is 0 Å². The number of rotatable bonds is 16. The highest BCUT2D eigenvalue weighted by Gasteiger charge is 2.17. The maximum Gasteiger partial charge on any atom is 0.331 e. The fourth-order valence-corrected chi connectivity index (χ4v) is 3.14. The Balaban J connectivity index is 4.69. The average Bonchev–Trinajstić information content (AvgIpc) is 2.63. The molecule has 0 spiro atoms. The standard InChI is InChI=1S/C26H48O4/c1-19(2)9-13-23(14-10-20(3)4)29-25(27)17-18-26(28)30-24(15-11-21(5)6)16-12-22(7)8/h17-24H,9-16H2,1-8H3/b18-17-. The van der Waals surface area contributed by atoms with Crippen molar-refractivity contribution < 1.29 is 19.1 Å². The van der Waals surface area contributed by atoms with Crippen LogP contribution in [0.4, 0.5) is 0 Å². The number of carbonyl (C=O) groups is 2. The molecule has 0 bridgehead atoms. The minimum absolute atomic E-state index is 0.0900. The summed E-state index contributed by atoms with van der Waals surface area (Å²) in [6.45, 7) is 17.4. The van der Waals surface area contributed by atoms with Crippen LogP contribution in [0, 0.1) is 23.7 Å². The third-order valence-corrected chi connectivity index (χ3v) is 5.19. The quantitative estimate of drug-likeness (QED) is 0.196. The van der Waals surface area contributed by atoms with Crippen LogP contribution in [0.3, 0.4) is 0 Å². The summed E-state index contributed by atoms with van der Waals surface area (Å²) < 4.78 is 11.3. The van der Waals surface area contributed by atoms with E-state index in [0.29, 0.717) is 23.7 Å². The zero-order valence-electron chi connectivity index (χ0n) is 20.9. The van der Waals surface area contributed by atoms with Crippen LogP contribution >= 0.6 is 0 Å². The van der Waals surface area contributed by atoms with Crippen molar-refractivity contribution in [2.45, 2.75) is 119 Å². The van der Waals surface area contributed by atoms with Gasteiger partial charge in [0.05, 0.1) is 0 Å². The topological polar surface area (TPSA) is 52.6 Å². The Kier molecular flexibility index (Phi) is 15.7. The average molecular weight is 425 g/mol. The van der Waals surface area contributed by atoms with Crippen molar-refractivity contribution >= 4 is 11.9 Å². The summed E-state index contributed by atoms with van der Waals surface area (Å²) in [5.41, 5.74) is 0. The lowest BCUT2D eigenvalue weighted by Crippen LogP contribution is -2.20. The summed E-state index contributed by atoms with van der Waals surface area (Å²) in [6.07, 6.45) is 9.81. The van der Waals surface area contributed by atoms with Gasteiger partial charge in [0.15, 0.2) is 0 Å². The lowest BCUT2D eigenvalue weighted by molar-refractivity contribution is -0.146. The molecule has 0 saturated carbocycles. The van der Waals surface area contributed by atoms with Crippen molar-refractivity contribution in [3.63, 3.8) is 0 Å². The summed E-state index contributed by atoms with van der Waals surface area (Å²) in [7, 11) is 0. The molecule has 0 aliphatic rings. The monoisotopic (exact) mass is 424 g/mol. The largest absolute Gasteiger partial charge is 0.459 e. The van der Waals surface area contributed by atoms with Crippen LogP contribution in [-0.2, 0) is 19.1 Å². The molecule has 176 valence electrons. The van der Waals surface area contributed by atoms with E-state index in [4.69, 9.17) is 9.47 Å². The predicted molar refractivity (Wildman–Crippen MR) is 125 cm³/mol. The van der Waals surface area contributed by atoms with Gasteiger partial charge in [-0.3, -0.25) is 0 Å².